The molecule has 2 rings (SSSR count). The molecule has 2 N–H and O–H groups in total. The fraction of sp³-hybridized carbons (Fsp3) is 0.562. The second-order valence-electron chi connectivity index (χ2n) is 5.54. The smallest absolute Gasteiger partial charge is 0.304 e. The molecule has 0 spiro atoms. The van der Waals surface area contributed by atoms with Gasteiger partial charge >= 0.3 is 5.97 Å². The third-order valence-corrected chi connectivity index (χ3v) is 6.20. The van der Waals surface area contributed by atoms with Crippen LogP contribution in [0.5, 0.6) is 0 Å². The molecule has 132 valence electrons. The maximum Gasteiger partial charge on any atom is 0.304 e. The lowest BCUT2D eigenvalue weighted by atomic mass is 10.1. The molecular weight excluding hydrogens is 348 g/mol. The molecule has 0 saturated heterocycles. The van der Waals surface area contributed by atoms with Crippen molar-refractivity contribution in [1.29, 1.82) is 0 Å². The van der Waals surface area contributed by atoms with Gasteiger partial charge in [0.2, 0.25) is 0 Å². The Labute approximate surface area is 148 Å². The minimum atomic E-state index is -0.795. The lowest BCUT2D eigenvalue weighted by Crippen LogP contribution is -2.31. The van der Waals surface area contributed by atoms with Gasteiger partial charge in [-0.1, -0.05) is 28.0 Å². The van der Waals surface area contributed by atoms with E-state index >= 15 is 0 Å². The Hall–Kier alpha value is -1.41. The van der Waals surface area contributed by atoms with Crippen LogP contribution in [0.1, 0.15) is 41.7 Å². The number of nitrogens with one attached hydrogen (secondary N) is 1. The molecule has 0 radical (unpaired) electrons. The van der Waals surface area contributed by atoms with Gasteiger partial charge in [0.15, 0.2) is 0 Å². The molecule has 0 saturated carbocycles. The van der Waals surface area contributed by atoms with E-state index in [1.807, 2.05) is 0 Å². The van der Waals surface area contributed by atoms with Gasteiger partial charge in [-0.25, -0.2) is 0 Å². The Balaban J connectivity index is 1.85. The van der Waals surface area contributed by atoms with Crippen molar-refractivity contribution >= 4 is 33.5 Å². The molecule has 0 bridgehead atoms. The van der Waals surface area contributed by atoms with Crippen LogP contribution < -0.4 is 10.9 Å². The number of fused-ring (bicyclic) bond motifs is 1. The highest BCUT2D eigenvalue weighted by Gasteiger charge is 2.17. The summed E-state index contributed by atoms with van der Waals surface area (Å²) in [5, 5.41) is 11.4. The molecule has 0 unspecified atom stereocenters. The molecule has 1 aromatic rings. The van der Waals surface area contributed by atoms with E-state index in [2.05, 4.69) is 5.32 Å². The van der Waals surface area contributed by atoms with Gasteiger partial charge < -0.3 is 15.0 Å². The summed E-state index contributed by atoms with van der Waals surface area (Å²) >= 11 is 0. The van der Waals surface area contributed by atoms with E-state index in [0.29, 0.717) is 30.2 Å². The van der Waals surface area contributed by atoms with Crippen LogP contribution in [-0.2, 0) is 17.8 Å². The maximum absolute atomic E-state index is 12.4. The van der Waals surface area contributed by atoms with E-state index in [1.54, 1.807) is 21.4 Å². The van der Waals surface area contributed by atoms with Gasteiger partial charge in [0.1, 0.15) is 0 Å². The molecule has 8 heteroatoms. The number of amides is 1. The Morgan fingerprint density at radius 3 is 2.75 bits per heavy atom. The first kappa shape index (κ1) is 18.9. The van der Waals surface area contributed by atoms with Gasteiger partial charge in [-0.2, -0.15) is 0 Å². The predicted molar refractivity (Wildman–Crippen MR) is 97.8 cm³/mol. The molecule has 1 amide bonds. The number of carboxylic acid groups (broad SMARTS) is 1. The Bertz CT molecular complexity index is 645. The van der Waals surface area contributed by atoms with Gasteiger partial charge in [0.05, 0.1) is 12.0 Å². The van der Waals surface area contributed by atoms with Crippen molar-refractivity contribution in [2.24, 2.45) is 0 Å². The number of aromatic nitrogens is 1. The highest BCUT2D eigenvalue weighted by atomic mass is 33.1. The van der Waals surface area contributed by atoms with E-state index < -0.39 is 5.97 Å². The molecule has 1 aliphatic heterocycles. The second-order valence-corrected chi connectivity index (χ2v) is 8.24. The van der Waals surface area contributed by atoms with Crippen LogP contribution >= 0.6 is 21.6 Å². The zero-order chi connectivity index (χ0) is 17.4. The minimum Gasteiger partial charge on any atom is -0.481 e. The summed E-state index contributed by atoms with van der Waals surface area (Å²) in [5.74, 6) is 0.335. The number of aliphatic carboxylic acids is 1. The SMILES string of the molecule is O=C(O)CCSSCCNC(=O)c1ccc(=O)n2c1CCCCC2. The summed E-state index contributed by atoms with van der Waals surface area (Å²) in [5.41, 5.74) is 1.41. The van der Waals surface area contributed by atoms with E-state index in [4.69, 9.17) is 5.11 Å². The van der Waals surface area contributed by atoms with Gasteiger partial charge in [0, 0.05) is 36.4 Å². The molecular formula is C16H22N2O4S2. The number of carboxylic acids is 1. The predicted octanol–water partition coefficient (Wildman–Crippen LogP) is 2.16. The van der Waals surface area contributed by atoms with Gasteiger partial charge in [-0.05, 0) is 25.3 Å². The summed E-state index contributed by atoms with van der Waals surface area (Å²) in [6.07, 6.45) is 3.96. The zero-order valence-electron chi connectivity index (χ0n) is 13.5. The van der Waals surface area contributed by atoms with Crippen molar-refractivity contribution in [3.8, 4) is 0 Å². The third kappa shape index (κ3) is 5.59. The zero-order valence-corrected chi connectivity index (χ0v) is 15.1. The molecule has 24 heavy (non-hydrogen) atoms. The number of pyridine rings is 1. The largest absolute Gasteiger partial charge is 0.481 e. The molecule has 0 aliphatic carbocycles. The fourth-order valence-corrected chi connectivity index (χ4v) is 4.51. The summed E-state index contributed by atoms with van der Waals surface area (Å²) in [6, 6.07) is 3.10. The molecule has 0 fully saturated rings. The van der Waals surface area contributed by atoms with E-state index in [-0.39, 0.29) is 17.9 Å². The van der Waals surface area contributed by atoms with E-state index in [9.17, 15) is 14.4 Å². The van der Waals surface area contributed by atoms with Crippen molar-refractivity contribution in [3.63, 3.8) is 0 Å². The van der Waals surface area contributed by atoms with Crippen LogP contribution in [0.15, 0.2) is 16.9 Å². The average Bonchev–Trinajstić information content (AvgIpc) is 2.80. The van der Waals surface area contributed by atoms with Crippen LogP contribution in [0.25, 0.3) is 0 Å². The number of hydrogen-bond donors (Lipinski definition) is 2. The monoisotopic (exact) mass is 370 g/mol. The van der Waals surface area contributed by atoms with Crippen molar-refractivity contribution in [2.45, 2.75) is 38.6 Å². The van der Waals surface area contributed by atoms with Crippen LogP contribution in [0.4, 0.5) is 0 Å². The molecule has 0 atom stereocenters. The lowest BCUT2D eigenvalue weighted by molar-refractivity contribution is -0.136. The Morgan fingerprint density at radius 2 is 1.96 bits per heavy atom. The number of hydrogen-bond acceptors (Lipinski definition) is 5. The minimum absolute atomic E-state index is 0.0335. The van der Waals surface area contributed by atoms with Crippen LogP contribution in [0.3, 0.4) is 0 Å². The van der Waals surface area contributed by atoms with Crippen molar-refractivity contribution in [2.75, 3.05) is 18.1 Å². The fourth-order valence-electron chi connectivity index (χ4n) is 2.63. The van der Waals surface area contributed by atoms with Gasteiger partial charge in [-0.15, -0.1) is 0 Å². The standard InChI is InChI=1S/C16H22N2O4S2/c19-14-6-5-12(13-4-2-1-3-9-18(13)14)16(22)17-8-11-24-23-10-7-15(20)21/h5-6H,1-4,7-11H2,(H,17,22)(H,20,21). The van der Waals surface area contributed by atoms with Crippen LogP contribution in [0, 0.1) is 0 Å². The van der Waals surface area contributed by atoms with Crippen LogP contribution in [-0.4, -0.2) is 39.6 Å². The van der Waals surface area contributed by atoms with Crippen molar-refractivity contribution in [3.05, 3.63) is 33.7 Å². The summed E-state index contributed by atoms with van der Waals surface area (Å²) < 4.78 is 1.73. The molecule has 1 aromatic heterocycles. The first-order valence-electron chi connectivity index (χ1n) is 8.06. The van der Waals surface area contributed by atoms with Gasteiger partial charge in [-0.3, -0.25) is 14.4 Å². The van der Waals surface area contributed by atoms with Crippen LogP contribution in [0.2, 0.25) is 0 Å². The molecule has 0 aromatic carbocycles. The first-order valence-corrected chi connectivity index (χ1v) is 10.6. The maximum atomic E-state index is 12.4. The Kier molecular flexibility index (Phi) is 7.71. The Morgan fingerprint density at radius 1 is 1.17 bits per heavy atom. The second kappa shape index (κ2) is 9.78. The number of nitrogens with zero attached hydrogens (tertiary/aromatic N) is 1. The average molecular weight is 370 g/mol. The highest BCUT2D eigenvalue weighted by molar-refractivity contribution is 8.76. The topological polar surface area (TPSA) is 88.4 Å². The normalized spacial score (nSPS) is 13.8. The molecule has 2 heterocycles. The van der Waals surface area contributed by atoms with E-state index in [1.165, 1.54) is 16.9 Å². The van der Waals surface area contributed by atoms with Crippen molar-refractivity contribution in [1.82, 2.24) is 9.88 Å². The number of rotatable bonds is 8. The quantitative estimate of drug-likeness (QED) is 0.538. The third-order valence-electron chi connectivity index (χ3n) is 3.79. The summed E-state index contributed by atoms with van der Waals surface area (Å²) in [7, 11) is 3.05. The first-order chi connectivity index (χ1) is 11.6. The number of carbonyl (C=O) groups excluding carboxylic acids is 1. The molecule has 1 aliphatic rings. The summed E-state index contributed by atoms with van der Waals surface area (Å²) in [4.78, 5) is 34.8. The lowest BCUT2D eigenvalue weighted by Gasteiger charge is -2.14. The number of carbonyl (C=O) groups is 2. The van der Waals surface area contributed by atoms with Gasteiger partial charge in [0.25, 0.3) is 11.5 Å². The summed E-state index contributed by atoms with van der Waals surface area (Å²) in [6.45, 7) is 1.20. The molecule has 6 nitrogen and oxygen atoms in total. The van der Waals surface area contributed by atoms with E-state index in [0.717, 1.165) is 31.4 Å². The highest BCUT2D eigenvalue weighted by Crippen LogP contribution is 2.21. The van der Waals surface area contributed by atoms with Crippen molar-refractivity contribution < 1.29 is 14.7 Å².